The Hall–Kier alpha value is -0.930. The minimum Gasteiger partial charge on any atom is -0.444 e. The van der Waals surface area contributed by atoms with E-state index in [-0.39, 0.29) is 18.7 Å². The fourth-order valence-corrected chi connectivity index (χ4v) is 3.23. The van der Waals surface area contributed by atoms with E-state index in [1.807, 2.05) is 27.8 Å². The Labute approximate surface area is 164 Å². The van der Waals surface area contributed by atoms with Crippen LogP contribution in [0.4, 0.5) is 4.79 Å². The lowest BCUT2D eigenvalue weighted by Gasteiger charge is -2.39. The number of carbonyl (C=O) groups excluding carboxylic acids is 1. The van der Waals surface area contributed by atoms with Gasteiger partial charge in [0, 0.05) is 64.6 Å². The quantitative estimate of drug-likeness (QED) is 0.634. The molecule has 2 unspecified atom stereocenters. The number of hydrogen-bond acceptors (Lipinski definition) is 7. The van der Waals surface area contributed by atoms with E-state index in [0.29, 0.717) is 32.2 Å². The van der Waals surface area contributed by atoms with Gasteiger partial charge in [0.1, 0.15) is 5.60 Å². The predicted octanol–water partition coefficient (Wildman–Crippen LogP) is 0.192. The summed E-state index contributed by atoms with van der Waals surface area (Å²) in [5.41, 5.74) is -0.451. The fourth-order valence-electron chi connectivity index (χ4n) is 3.23. The molecule has 0 aromatic heterocycles. The van der Waals surface area contributed by atoms with Crippen molar-refractivity contribution in [2.45, 2.75) is 51.3 Å². The molecular weight excluding hydrogens is 348 g/mol. The molecule has 0 spiro atoms. The molecule has 0 radical (unpaired) electrons. The third-order valence-corrected chi connectivity index (χ3v) is 5.00. The average molecular weight is 389 g/mol. The van der Waals surface area contributed by atoms with Crippen molar-refractivity contribution in [1.29, 1.82) is 0 Å². The second kappa shape index (κ2) is 11.8. The molecule has 2 aliphatic rings. The molecule has 160 valence electrons. The number of aliphatic hydroxyl groups excluding tert-OH is 2. The van der Waals surface area contributed by atoms with Gasteiger partial charge in [-0.15, -0.1) is 0 Å². The topological polar surface area (TPSA) is 88.5 Å². The number of amides is 1. The molecule has 2 rings (SSSR count). The normalized spacial score (nSPS) is 24.9. The molecule has 8 heteroatoms. The zero-order valence-corrected chi connectivity index (χ0v) is 17.8. The van der Waals surface area contributed by atoms with Crippen molar-refractivity contribution in [1.82, 2.24) is 20.0 Å². The molecule has 0 aromatic carbocycles. The number of piperazine rings is 2. The summed E-state index contributed by atoms with van der Waals surface area (Å²) in [6.07, 6.45) is 1.33. The van der Waals surface area contributed by atoms with Gasteiger partial charge >= 0.3 is 6.09 Å². The van der Waals surface area contributed by atoms with Crippen LogP contribution in [0, 0.1) is 0 Å². The van der Waals surface area contributed by atoms with Crippen molar-refractivity contribution < 1.29 is 19.7 Å². The SMILES string of the molecule is CN1CCN(C(=O)OC(C)(C)C)CC1CCO.CN1CCNCC1CCO. The van der Waals surface area contributed by atoms with Gasteiger partial charge in [0.2, 0.25) is 0 Å². The number of nitrogens with zero attached hydrogens (tertiary/aromatic N) is 3. The molecule has 2 saturated heterocycles. The molecular formula is C19H40N4O4. The third-order valence-electron chi connectivity index (χ3n) is 5.00. The standard InChI is InChI=1S/C12H24N2O3.C7H16N2O/c1-12(2,3)17-11(16)14-7-6-13(4)10(9-14)5-8-15;1-9-4-3-8-6-7(9)2-5-10/h10,15H,5-9H2,1-4H3;7-8,10H,2-6H2,1H3. The maximum atomic E-state index is 11.9. The lowest BCUT2D eigenvalue weighted by Crippen LogP contribution is -2.54. The Morgan fingerprint density at radius 3 is 2.19 bits per heavy atom. The molecule has 0 aliphatic carbocycles. The molecule has 2 fully saturated rings. The highest BCUT2D eigenvalue weighted by Crippen LogP contribution is 2.15. The molecule has 0 saturated carbocycles. The Morgan fingerprint density at radius 2 is 1.63 bits per heavy atom. The molecule has 1 amide bonds. The first-order valence-corrected chi connectivity index (χ1v) is 9.98. The first-order chi connectivity index (χ1) is 12.7. The summed E-state index contributed by atoms with van der Waals surface area (Å²) in [4.78, 5) is 18.1. The van der Waals surface area contributed by atoms with Crippen molar-refractivity contribution >= 4 is 6.09 Å². The van der Waals surface area contributed by atoms with Crippen molar-refractivity contribution in [3.8, 4) is 0 Å². The minimum absolute atomic E-state index is 0.150. The molecule has 2 atom stereocenters. The van der Waals surface area contributed by atoms with Crippen LogP contribution in [0.5, 0.6) is 0 Å². The van der Waals surface area contributed by atoms with Gasteiger partial charge < -0.3 is 30.1 Å². The van der Waals surface area contributed by atoms with Gasteiger partial charge in [0.25, 0.3) is 0 Å². The van der Waals surface area contributed by atoms with Crippen molar-refractivity contribution in [2.75, 3.05) is 66.6 Å². The van der Waals surface area contributed by atoms with Gasteiger partial charge in [-0.1, -0.05) is 0 Å². The van der Waals surface area contributed by atoms with E-state index in [4.69, 9.17) is 14.9 Å². The van der Waals surface area contributed by atoms with Crippen LogP contribution < -0.4 is 5.32 Å². The second-order valence-corrected chi connectivity index (χ2v) is 8.42. The average Bonchev–Trinajstić information content (AvgIpc) is 2.58. The number of nitrogens with one attached hydrogen (secondary N) is 1. The summed E-state index contributed by atoms with van der Waals surface area (Å²) in [6, 6.07) is 0.764. The molecule has 3 N–H and O–H groups in total. The highest BCUT2D eigenvalue weighted by Gasteiger charge is 2.29. The Bertz CT molecular complexity index is 428. The third kappa shape index (κ3) is 9.21. The van der Waals surface area contributed by atoms with Crippen LogP contribution in [0.15, 0.2) is 0 Å². The van der Waals surface area contributed by atoms with Crippen LogP contribution in [0.1, 0.15) is 33.6 Å². The van der Waals surface area contributed by atoms with E-state index in [1.165, 1.54) is 0 Å². The maximum Gasteiger partial charge on any atom is 0.410 e. The highest BCUT2D eigenvalue weighted by atomic mass is 16.6. The summed E-state index contributed by atoms with van der Waals surface area (Å²) >= 11 is 0. The van der Waals surface area contributed by atoms with Crippen LogP contribution in [0.3, 0.4) is 0 Å². The largest absolute Gasteiger partial charge is 0.444 e. The Balaban J connectivity index is 0.000000309. The van der Waals surface area contributed by atoms with Crippen molar-refractivity contribution in [3.63, 3.8) is 0 Å². The van der Waals surface area contributed by atoms with E-state index in [1.54, 1.807) is 4.90 Å². The fraction of sp³-hybridized carbons (Fsp3) is 0.947. The number of hydrogen-bond donors (Lipinski definition) is 3. The zero-order valence-electron chi connectivity index (χ0n) is 17.8. The maximum absolute atomic E-state index is 11.9. The Morgan fingerprint density at radius 1 is 1.04 bits per heavy atom. The van der Waals surface area contributed by atoms with Gasteiger partial charge in [-0.25, -0.2) is 4.79 Å². The van der Waals surface area contributed by atoms with Gasteiger partial charge in [-0.05, 0) is 47.7 Å². The number of aliphatic hydroxyl groups is 2. The van der Waals surface area contributed by atoms with E-state index in [9.17, 15) is 4.79 Å². The monoisotopic (exact) mass is 388 g/mol. The van der Waals surface area contributed by atoms with E-state index >= 15 is 0 Å². The lowest BCUT2D eigenvalue weighted by molar-refractivity contribution is 0.00509. The van der Waals surface area contributed by atoms with E-state index in [2.05, 4.69) is 22.2 Å². The van der Waals surface area contributed by atoms with Crippen LogP contribution in [0.2, 0.25) is 0 Å². The zero-order chi connectivity index (χ0) is 20.4. The number of rotatable bonds is 4. The van der Waals surface area contributed by atoms with Crippen LogP contribution >= 0.6 is 0 Å². The molecule has 2 heterocycles. The first-order valence-electron chi connectivity index (χ1n) is 9.98. The van der Waals surface area contributed by atoms with E-state index < -0.39 is 5.60 Å². The summed E-state index contributed by atoms with van der Waals surface area (Å²) in [7, 11) is 4.13. The summed E-state index contributed by atoms with van der Waals surface area (Å²) in [5.74, 6) is 0. The molecule has 0 aromatic rings. The molecule has 0 bridgehead atoms. The Kier molecular flexibility index (Phi) is 10.5. The highest BCUT2D eigenvalue weighted by molar-refractivity contribution is 5.68. The number of likely N-dealkylation sites (N-methyl/N-ethyl adjacent to an activating group) is 2. The van der Waals surface area contributed by atoms with E-state index in [0.717, 1.165) is 32.6 Å². The molecule has 27 heavy (non-hydrogen) atoms. The van der Waals surface area contributed by atoms with Crippen LogP contribution in [-0.2, 0) is 4.74 Å². The van der Waals surface area contributed by atoms with Gasteiger partial charge in [-0.2, -0.15) is 0 Å². The van der Waals surface area contributed by atoms with Crippen molar-refractivity contribution in [2.24, 2.45) is 0 Å². The number of carbonyl (C=O) groups is 1. The predicted molar refractivity (Wildman–Crippen MR) is 107 cm³/mol. The van der Waals surface area contributed by atoms with Gasteiger partial charge in [-0.3, -0.25) is 4.90 Å². The molecule has 8 nitrogen and oxygen atoms in total. The first kappa shape index (κ1) is 24.1. The summed E-state index contributed by atoms with van der Waals surface area (Å²) in [6.45, 7) is 11.4. The van der Waals surface area contributed by atoms with Crippen LogP contribution in [0.25, 0.3) is 0 Å². The van der Waals surface area contributed by atoms with Gasteiger partial charge in [0.15, 0.2) is 0 Å². The summed E-state index contributed by atoms with van der Waals surface area (Å²) in [5, 5.41) is 21.0. The number of ether oxygens (including phenoxy) is 1. The lowest BCUT2D eigenvalue weighted by atomic mass is 10.1. The second-order valence-electron chi connectivity index (χ2n) is 8.42. The minimum atomic E-state index is -0.451. The van der Waals surface area contributed by atoms with Crippen LogP contribution in [-0.4, -0.2) is 115 Å². The molecule has 2 aliphatic heterocycles. The summed E-state index contributed by atoms with van der Waals surface area (Å²) < 4.78 is 5.34. The van der Waals surface area contributed by atoms with Crippen molar-refractivity contribution in [3.05, 3.63) is 0 Å². The smallest absolute Gasteiger partial charge is 0.410 e. The van der Waals surface area contributed by atoms with Gasteiger partial charge in [0.05, 0.1) is 0 Å².